The lowest BCUT2D eigenvalue weighted by Crippen LogP contribution is -2.08. The first-order valence-corrected chi connectivity index (χ1v) is 6.11. The molecule has 4 nitrogen and oxygen atoms in total. The fraction of sp³-hybridized carbons (Fsp3) is 0.143. The molecule has 0 bridgehead atoms. The van der Waals surface area contributed by atoms with Crippen molar-refractivity contribution in [2.24, 2.45) is 0 Å². The van der Waals surface area contributed by atoms with Crippen molar-refractivity contribution in [2.45, 2.75) is 13.0 Å². The van der Waals surface area contributed by atoms with E-state index in [-0.39, 0.29) is 19.0 Å². The van der Waals surface area contributed by atoms with Gasteiger partial charge in [-0.1, -0.05) is 23.7 Å². The molecule has 0 spiro atoms. The number of benzene rings is 1. The Labute approximate surface area is 116 Å². The molecule has 98 valence electrons. The fourth-order valence-electron chi connectivity index (χ4n) is 1.60. The molecule has 2 aromatic rings. The molecule has 1 aromatic carbocycles. The number of carbonyl (C=O) groups excluding carboxylic acids is 1. The molecule has 0 radical (unpaired) electrons. The van der Waals surface area contributed by atoms with Crippen molar-refractivity contribution < 1.29 is 9.53 Å². The molecule has 0 aliphatic rings. The summed E-state index contributed by atoms with van der Waals surface area (Å²) in [6, 6.07) is 8.87. The third-order valence-corrected chi connectivity index (χ3v) is 2.88. The second-order valence-corrected chi connectivity index (χ2v) is 4.46. The first-order valence-electron chi connectivity index (χ1n) is 5.73. The molecule has 0 atom stereocenters. The maximum atomic E-state index is 11.7. The summed E-state index contributed by atoms with van der Waals surface area (Å²) in [5, 5.41) is 0.485. The largest absolute Gasteiger partial charge is 0.460 e. The predicted molar refractivity (Wildman–Crippen MR) is 73.6 cm³/mol. The second-order valence-electron chi connectivity index (χ2n) is 4.05. The molecule has 0 saturated heterocycles. The van der Waals surface area contributed by atoms with Crippen LogP contribution >= 0.6 is 11.6 Å². The van der Waals surface area contributed by atoms with Gasteiger partial charge >= 0.3 is 5.97 Å². The Bertz CT molecular complexity index is 587. The van der Waals surface area contributed by atoms with E-state index in [1.807, 2.05) is 6.07 Å². The van der Waals surface area contributed by atoms with Gasteiger partial charge < -0.3 is 10.5 Å². The standard InChI is InChI=1S/C14H13ClN2O2/c15-13-8-17-5-4-11(13)9-19-14(18)7-10-2-1-3-12(16)6-10/h1-6,8H,7,9,16H2. The Hall–Kier alpha value is -2.07. The SMILES string of the molecule is Nc1cccc(CC(=O)OCc2ccncc2Cl)c1. The first kappa shape index (κ1) is 13.4. The number of pyridine rings is 1. The van der Waals surface area contributed by atoms with Crippen LogP contribution in [0.4, 0.5) is 5.69 Å². The summed E-state index contributed by atoms with van der Waals surface area (Å²) in [4.78, 5) is 15.5. The van der Waals surface area contributed by atoms with E-state index < -0.39 is 0 Å². The summed E-state index contributed by atoms with van der Waals surface area (Å²) in [5.41, 5.74) is 7.83. The Balaban J connectivity index is 1.90. The highest BCUT2D eigenvalue weighted by molar-refractivity contribution is 6.31. The van der Waals surface area contributed by atoms with Gasteiger partial charge in [-0.3, -0.25) is 9.78 Å². The number of ether oxygens (including phenoxy) is 1. The van der Waals surface area contributed by atoms with Gasteiger partial charge in [0, 0.05) is 23.6 Å². The number of anilines is 1. The number of nitrogens with two attached hydrogens (primary N) is 1. The molecule has 19 heavy (non-hydrogen) atoms. The third-order valence-electron chi connectivity index (χ3n) is 2.54. The van der Waals surface area contributed by atoms with Crippen molar-refractivity contribution in [1.29, 1.82) is 0 Å². The van der Waals surface area contributed by atoms with Gasteiger partial charge in [-0.2, -0.15) is 0 Å². The van der Waals surface area contributed by atoms with E-state index in [9.17, 15) is 4.79 Å². The number of hydrogen-bond acceptors (Lipinski definition) is 4. The van der Waals surface area contributed by atoms with E-state index in [4.69, 9.17) is 22.1 Å². The van der Waals surface area contributed by atoms with Crippen molar-refractivity contribution in [2.75, 3.05) is 5.73 Å². The Morgan fingerprint density at radius 2 is 2.21 bits per heavy atom. The minimum absolute atomic E-state index is 0.141. The predicted octanol–water partition coefficient (Wildman–Crippen LogP) is 2.60. The van der Waals surface area contributed by atoms with Crippen LogP contribution in [0.15, 0.2) is 42.7 Å². The molecule has 2 N–H and O–H groups in total. The second kappa shape index (κ2) is 6.20. The molecule has 0 amide bonds. The van der Waals surface area contributed by atoms with Crippen LogP contribution in [0.5, 0.6) is 0 Å². The van der Waals surface area contributed by atoms with Gasteiger partial charge in [-0.05, 0) is 23.8 Å². The van der Waals surface area contributed by atoms with Gasteiger partial charge in [0.1, 0.15) is 6.61 Å². The highest BCUT2D eigenvalue weighted by atomic mass is 35.5. The molecule has 0 unspecified atom stereocenters. The highest BCUT2D eigenvalue weighted by Crippen LogP contribution is 2.15. The molecule has 0 saturated carbocycles. The summed E-state index contributed by atoms with van der Waals surface area (Å²) < 4.78 is 5.16. The Kier molecular flexibility index (Phi) is 4.36. The number of carbonyl (C=O) groups is 1. The first-order chi connectivity index (χ1) is 9.15. The van der Waals surface area contributed by atoms with Crippen molar-refractivity contribution >= 4 is 23.3 Å². The summed E-state index contributed by atoms with van der Waals surface area (Å²) >= 11 is 5.92. The maximum Gasteiger partial charge on any atom is 0.310 e. The number of aromatic nitrogens is 1. The van der Waals surface area contributed by atoms with Gasteiger partial charge in [0.2, 0.25) is 0 Å². The van der Waals surface area contributed by atoms with E-state index >= 15 is 0 Å². The average molecular weight is 277 g/mol. The van der Waals surface area contributed by atoms with Gasteiger partial charge in [0.05, 0.1) is 11.4 Å². The molecule has 2 rings (SSSR count). The summed E-state index contributed by atoms with van der Waals surface area (Å²) in [6.45, 7) is 0.141. The molecule has 1 heterocycles. The van der Waals surface area contributed by atoms with Crippen molar-refractivity contribution in [1.82, 2.24) is 4.98 Å². The topological polar surface area (TPSA) is 65.2 Å². The zero-order chi connectivity index (χ0) is 13.7. The van der Waals surface area contributed by atoms with E-state index in [1.165, 1.54) is 6.20 Å². The Morgan fingerprint density at radius 1 is 1.37 bits per heavy atom. The summed E-state index contributed by atoms with van der Waals surface area (Å²) in [7, 11) is 0. The van der Waals surface area contributed by atoms with Crippen molar-refractivity contribution in [3.63, 3.8) is 0 Å². The number of nitrogens with zero attached hydrogens (tertiary/aromatic N) is 1. The van der Waals surface area contributed by atoms with Gasteiger partial charge in [0.25, 0.3) is 0 Å². The van der Waals surface area contributed by atoms with Crippen LogP contribution in [0.1, 0.15) is 11.1 Å². The lowest BCUT2D eigenvalue weighted by Gasteiger charge is -2.06. The van der Waals surface area contributed by atoms with Crippen LogP contribution in [0.2, 0.25) is 5.02 Å². The quantitative estimate of drug-likeness (QED) is 0.689. The van der Waals surface area contributed by atoms with E-state index in [1.54, 1.807) is 30.5 Å². The smallest absolute Gasteiger partial charge is 0.310 e. The third kappa shape index (κ3) is 3.96. The summed E-state index contributed by atoms with van der Waals surface area (Å²) in [5.74, 6) is -0.321. The molecule has 0 aliphatic heterocycles. The monoisotopic (exact) mass is 276 g/mol. The zero-order valence-corrected chi connectivity index (χ0v) is 10.9. The van der Waals surface area contributed by atoms with Crippen LogP contribution in [-0.4, -0.2) is 11.0 Å². The number of esters is 1. The zero-order valence-electron chi connectivity index (χ0n) is 10.2. The van der Waals surface area contributed by atoms with Gasteiger partial charge in [-0.15, -0.1) is 0 Å². The van der Waals surface area contributed by atoms with E-state index in [0.29, 0.717) is 10.7 Å². The number of nitrogen functional groups attached to an aromatic ring is 1. The Morgan fingerprint density at radius 3 is 2.95 bits per heavy atom. The lowest BCUT2D eigenvalue weighted by atomic mass is 10.1. The van der Waals surface area contributed by atoms with Gasteiger partial charge in [-0.25, -0.2) is 0 Å². The fourth-order valence-corrected chi connectivity index (χ4v) is 1.77. The van der Waals surface area contributed by atoms with Crippen LogP contribution in [0.25, 0.3) is 0 Å². The summed E-state index contributed by atoms with van der Waals surface area (Å²) in [6.07, 6.45) is 3.31. The van der Waals surface area contributed by atoms with E-state index in [0.717, 1.165) is 11.1 Å². The van der Waals surface area contributed by atoms with Crippen LogP contribution in [0.3, 0.4) is 0 Å². The average Bonchev–Trinajstić information content (AvgIpc) is 2.38. The van der Waals surface area contributed by atoms with Gasteiger partial charge in [0.15, 0.2) is 0 Å². The molecule has 0 aliphatic carbocycles. The van der Waals surface area contributed by atoms with Crippen molar-refractivity contribution in [3.8, 4) is 0 Å². The van der Waals surface area contributed by atoms with Crippen LogP contribution < -0.4 is 5.73 Å². The molecular weight excluding hydrogens is 264 g/mol. The minimum Gasteiger partial charge on any atom is -0.460 e. The lowest BCUT2D eigenvalue weighted by molar-refractivity contribution is -0.144. The van der Waals surface area contributed by atoms with Crippen LogP contribution in [0, 0.1) is 0 Å². The molecular formula is C14H13ClN2O2. The van der Waals surface area contributed by atoms with Crippen molar-refractivity contribution in [3.05, 3.63) is 58.9 Å². The van der Waals surface area contributed by atoms with E-state index in [2.05, 4.69) is 4.98 Å². The van der Waals surface area contributed by atoms with Crippen LogP contribution in [-0.2, 0) is 22.6 Å². The number of hydrogen-bond donors (Lipinski definition) is 1. The highest BCUT2D eigenvalue weighted by Gasteiger charge is 2.07. The number of rotatable bonds is 4. The number of halogens is 1. The molecule has 5 heteroatoms. The normalized spacial score (nSPS) is 10.2. The minimum atomic E-state index is -0.321. The molecule has 1 aromatic heterocycles. The molecule has 0 fully saturated rings. The maximum absolute atomic E-state index is 11.7.